The summed E-state index contributed by atoms with van der Waals surface area (Å²) in [5.74, 6) is 0.410. The molecule has 0 unspecified atom stereocenters. The molecule has 1 atom stereocenters. The minimum atomic E-state index is -0.317. The summed E-state index contributed by atoms with van der Waals surface area (Å²) < 4.78 is 0.787. The molecule has 1 aliphatic rings. The van der Waals surface area contributed by atoms with E-state index in [4.69, 9.17) is 0 Å². The van der Waals surface area contributed by atoms with E-state index in [1.807, 2.05) is 27.1 Å². The summed E-state index contributed by atoms with van der Waals surface area (Å²) in [6.07, 6.45) is 2.73. The first-order chi connectivity index (χ1) is 5.47. The molecular formula is C8H10BBr2O. The van der Waals surface area contributed by atoms with Crippen LogP contribution in [0.25, 0.3) is 0 Å². The summed E-state index contributed by atoms with van der Waals surface area (Å²) in [4.78, 5) is 0. The Hall–Kier alpha value is 0.305. The highest BCUT2D eigenvalue weighted by Crippen LogP contribution is 2.39. The average Bonchev–Trinajstić information content (AvgIpc) is 1.96. The van der Waals surface area contributed by atoms with Crippen molar-refractivity contribution in [3.63, 3.8) is 0 Å². The SMILES string of the molecule is C[B]C1=C(O)[C@@](C)(Br)CC(Br)=C1. The smallest absolute Gasteiger partial charge is 0.152 e. The van der Waals surface area contributed by atoms with Crippen molar-refractivity contribution >= 4 is 39.1 Å². The molecular weight excluding hydrogens is 283 g/mol. The fourth-order valence-corrected chi connectivity index (χ4v) is 2.92. The van der Waals surface area contributed by atoms with Crippen molar-refractivity contribution in [2.24, 2.45) is 0 Å². The molecule has 0 aromatic heterocycles. The monoisotopic (exact) mass is 291 g/mol. The highest BCUT2D eigenvalue weighted by Gasteiger charge is 2.31. The van der Waals surface area contributed by atoms with Gasteiger partial charge in [0.1, 0.15) is 5.76 Å². The second-order valence-corrected chi connectivity index (χ2v) is 5.83. The van der Waals surface area contributed by atoms with Gasteiger partial charge in [0.15, 0.2) is 7.28 Å². The summed E-state index contributed by atoms with van der Waals surface area (Å²) in [6, 6.07) is 0. The zero-order chi connectivity index (χ0) is 9.35. The maximum Gasteiger partial charge on any atom is 0.152 e. The topological polar surface area (TPSA) is 20.2 Å². The van der Waals surface area contributed by atoms with E-state index in [1.54, 1.807) is 0 Å². The Bertz CT molecular complexity index is 256. The Morgan fingerprint density at radius 2 is 2.25 bits per heavy atom. The van der Waals surface area contributed by atoms with Gasteiger partial charge in [-0.15, -0.1) is 0 Å². The van der Waals surface area contributed by atoms with E-state index < -0.39 is 0 Å². The number of hydrogen-bond donors (Lipinski definition) is 1. The molecule has 1 nitrogen and oxygen atoms in total. The van der Waals surface area contributed by atoms with Crippen LogP contribution >= 0.6 is 31.9 Å². The van der Waals surface area contributed by atoms with Crippen LogP contribution in [0.3, 0.4) is 0 Å². The zero-order valence-corrected chi connectivity index (χ0v) is 10.2. The minimum Gasteiger partial charge on any atom is -0.511 e. The van der Waals surface area contributed by atoms with Crippen LogP contribution in [0.1, 0.15) is 13.3 Å². The first-order valence-corrected chi connectivity index (χ1v) is 5.34. The van der Waals surface area contributed by atoms with E-state index in [-0.39, 0.29) is 4.32 Å². The number of allylic oxidation sites excluding steroid dienone is 4. The Labute approximate surface area is 90.4 Å². The van der Waals surface area contributed by atoms with Crippen molar-refractivity contribution < 1.29 is 5.11 Å². The molecule has 0 heterocycles. The highest BCUT2D eigenvalue weighted by molar-refractivity contribution is 9.12. The number of hydrogen-bond acceptors (Lipinski definition) is 1. The molecule has 0 spiro atoms. The predicted molar refractivity (Wildman–Crippen MR) is 60.2 cm³/mol. The molecule has 0 saturated heterocycles. The third kappa shape index (κ3) is 1.97. The van der Waals surface area contributed by atoms with Crippen LogP contribution in [-0.2, 0) is 0 Å². The minimum absolute atomic E-state index is 0.317. The van der Waals surface area contributed by atoms with Crippen molar-refractivity contribution in [3.8, 4) is 0 Å². The first kappa shape index (κ1) is 10.4. The second kappa shape index (κ2) is 3.58. The Morgan fingerprint density at radius 3 is 2.75 bits per heavy atom. The molecule has 1 N–H and O–H groups in total. The van der Waals surface area contributed by atoms with E-state index in [0.29, 0.717) is 5.76 Å². The maximum absolute atomic E-state index is 9.75. The summed E-state index contributed by atoms with van der Waals surface area (Å²) >= 11 is 6.92. The van der Waals surface area contributed by atoms with Gasteiger partial charge < -0.3 is 5.11 Å². The molecule has 0 bridgehead atoms. The maximum atomic E-state index is 9.75. The van der Waals surface area contributed by atoms with Gasteiger partial charge in [0.25, 0.3) is 0 Å². The lowest BCUT2D eigenvalue weighted by molar-refractivity contribution is 0.357. The standard InChI is InChI=1S/C8H10BBr2O/c1-8(11)4-5(10)3-6(9-2)7(8)12/h3,12H,4H2,1-2H3/t8-/m0/s1. The zero-order valence-electron chi connectivity index (χ0n) is 7.06. The van der Waals surface area contributed by atoms with Gasteiger partial charge in [0, 0.05) is 6.42 Å². The predicted octanol–water partition coefficient (Wildman–Crippen LogP) is 3.34. The van der Waals surface area contributed by atoms with Crippen molar-refractivity contribution in [1.82, 2.24) is 0 Å². The molecule has 0 aromatic rings. The van der Waals surface area contributed by atoms with Crippen LogP contribution in [0.4, 0.5) is 0 Å². The Morgan fingerprint density at radius 1 is 1.67 bits per heavy atom. The molecule has 1 aliphatic carbocycles. The number of halogens is 2. The van der Waals surface area contributed by atoms with Gasteiger partial charge in [-0.1, -0.05) is 44.8 Å². The highest BCUT2D eigenvalue weighted by atomic mass is 79.9. The van der Waals surface area contributed by atoms with Crippen LogP contribution in [0.2, 0.25) is 6.82 Å². The van der Waals surface area contributed by atoms with E-state index in [1.165, 1.54) is 0 Å². The number of alkyl halides is 1. The molecule has 0 fully saturated rings. The first-order valence-electron chi connectivity index (χ1n) is 3.75. The number of rotatable bonds is 1. The molecule has 0 saturated carbocycles. The Kier molecular flexibility index (Phi) is 3.10. The lowest BCUT2D eigenvalue weighted by atomic mass is 9.68. The molecule has 65 valence electrons. The van der Waals surface area contributed by atoms with Crippen molar-refractivity contribution in [3.05, 3.63) is 21.8 Å². The summed E-state index contributed by atoms with van der Waals surface area (Å²) in [5, 5.41) is 9.75. The lowest BCUT2D eigenvalue weighted by Gasteiger charge is -2.27. The number of aliphatic hydroxyl groups excluding tert-OH is 1. The van der Waals surface area contributed by atoms with Gasteiger partial charge in [0.05, 0.1) is 4.32 Å². The summed E-state index contributed by atoms with van der Waals surface area (Å²) in [7, 11) is 1.90. The third-order valence-electron chi connectivity index (χ3n) is 1.89. The van der Waals surface area contributed by atoms with Crippen molar-refractivity contribution in [2.45, 2.75) is 24.5 Å². The fraction of sp³-hybridized carbons (Fsp3) is 0.500. The van der Waals surface area contributed by atoms with Crippen molar-refractivity contribution in [1.29, 1.82) is 0 Å². The molecule has 4 heteroatoms. The largest absolute Gasteiger partial charge is 0.511 e. The van der Waals surface area contributed by atoms with E-state index in [9.17, 15) is 5.11 Å². The summed E-state index contributed by atoms with van der Waals surface area (Å²) in [6.45, 7) is 3.87. The van der Waals surface area contributed by atoms with Gasteiger partial charge >= 0.3 is 0 Å². The molecule has 0 amide bonds. The van der Waals surface area contributed by atoms with Gasteiger partial charge in [-0.2, -0.15) is 0 Å². The number of aliphatic hydroxyl groups is 1. The molecule has 1 radical (unpaired) electrons. The van der Waals surface area contributed by atoms with Crippen molar-refractivity contribution in [2.75, 3.05) is 0 Å². The molecule has 0 aromatic carbocycles. The Balaban J connectivity index is 3.07. The molecule has 1 rings (SSSR count). The van der Waals surface area contributed by atoms with E-state index in [2.05, 4.69) is 31.9 Å². The average molecular weight is 293 g/mol. The van der Waals surface area contributed by atoms with Gasteiger partial charge in [-0.25, -0.2) is 0 Å². The lowest BCUT2D eigenvalue weighted by Crippen LogP contribution is -2.24. The van der Waals surface area contributed by atoms with Crippen LogP contribution in [-0.4, -0.2) is 16.7 Å². The van der Waals surface area contributed by atoms with Gasteiger partial charge in [0.2, 0.25) is 0 Å². The van der Waals surface area contributed by atoms with E-state index >= 15 is 0 Å². The second-order valence-electron chi connectivity index (χ2n) is 3.06. The van der Waals surface area contributed by atoms with Gasteiger partial charge in [-0.05, 0) is 16.9 Å². The normalized spacial score (nSPS) is 30.2. The molecule has 0 aliphatic heterocycles. The van der Waals surface area contributed by atoms with Crippen LogP contribution in [0.15, 0.2) is 21.8 Å². The fourth-order valence-electron chi connectivity index (χ4n) is 1.21. The van der Waals surface area contributed by atoms with Crippen LogP contribution < -0.4 is 0 Å². The third-order valence-corrected chi connectivity index (χ3v) is 3.06. The molecule has 12 heavy (non-hydrogen) atoms. The van der Waals surface area contributed by atoms with Crippen LogP contribution in [0.5, 0.6) is 0 Å². The van der Waals surface area contributed by atoms with Gasteiger partial charge in [-0.3, -0.25) is 0 Å². The van der Waals surface area contributed by atoms with E-state index in [0.717, 1.165) is 16.4 Å². The quantitative estimate of drug-likeness (QED) is 0.580. The van der Waals surface area contributed by atoms with Crippen LogP contribution in [0, 0.1) is 0 Å². The summed E-state index contributed by atoms with van der Waals surface area (Å²) in [5.41, 5.74) is 0.882.